The molecule has 36 heavy (non-hydrogen) atoms. The number of rotatable bonds is 8. The van der Waals surface area contributed by atoms with Gasteiger partial charge < -0.3 is 23.9 Å². The molecule has 1 unspecified atom stereocenters. The second-order valence-electron chi connectivity index (χ2n) is 8.46. The number of furan rings is 2. The molecule has 0 aromatic carbocycles. The first-order valence-corrected chi connectivity index (χ1v) is 13.7. The fourth-order valence-corrected chi connectivity index (χ4v) is 6.37. The van der Waals surface area contributed by atoms with Crippen molar-refractivity contribution in [2.24, 2.45) is 0 Å². The third kappa shape index (κ3) is 5.01. The van der Waals surface area contributed by atoms with Crippen LogP contribution in [0.1, 0.15) is 53.9 Å². The van der Waals surface area contributed by atoms with Crippen LogP contribution in [-0.4, -0.2) is 33.7 Å². The van der Waals surface area contributed by atoms with E-state index < -0.39 is 5.25 Å². The Bertz CT molecular complexity index is 1290. The minimum absolute atomic E-state index is 0.211. The predicted molar refractivity (Wildman–Crippen MR) is 139 cm³/mol. The molecule has 0 radical (unpaired) electrons. The Hall–Kier alpha value is -3.24. The van der Waals surface area contributed by atoms with Crippen molar-refractivity contribution in [2.45, 2.75) is 56.4 Å². The number of thioether (sulfide) groups is 1. The van der Waals surface area contributed by atoms with Crippen LogP contribution >= 0.6 is 23.1 Å². The summed E-state index contributed by atoms with van der Waals surface area (Å²) >= 11 is 2.78. The molecule has 4 heterocycles. The van der Waals surface area contributed by atoms with Gasteiger partial charge in [0.05, 0.1) is 29.9 Å². The number of carbonyl (C=O) groups is 2. The fourth-order valence-electron chi connectivity index (χ4n) is 4.28. The molecule has 5 rings (SSSR count). The zero-order chi connectivity index (χ0) is 25.1. The van der Waals surface area contributed by atoms with Crippen molar-refractivity contribution >= 4 is 40.0 Å². The van der Waals surface area contributed by atoms with Gasteiger partial charge in [0.1, 0.15) is 16.4 Å². The second kappa shape index (κ2) is 10.8. The number of esters is 1. The molecule has 1 atom stereocenters. The number of hydrogen-bond acceptors (Lipinski definition) is 8. The number of fused-ring (bicyclic) bond motifs is 1. The summed E-state index contributed by atoms with van der Waals surface area (Å²) in [7, 11) is 0. The van der Waals surface area contributed by atoms with Crippen molar-refractivity contribution in [3.8, 4) is 22.9 Å². The van der Waals surface area contributed by atoms with Gasteiger partial charge in [-0.05, 0) is 69.4 Å². The van der Waals surface area contributed by atoms with Gasteiger partial charge in [-0.3, -0.25) is 4.79 Å². The van der Waals surface area contributed by atoms with Crippen LogP contribution in [0.5, 0.6) is 0 Å². The summed E-state index contributed by atoms with van der Waals surface area (Å²) in [5.41, 5.74) is 2.83. The number of hydrogen-bond donors (Lipinski definition) is 2. The molecule has 10 heteroatoms. The van der Waals surface area contributed by atoms with E-state index in [0.29, 0.717) is 38.6 Å². The summed E-state index contributed by atoms with van der Waals surface area (Å²) in [6, 6.07) is 7.25. The summed E-state index contributed by atoms with van der Waals surface area (Å²) in [5.74, 6) is 0.639. The average molecular weight is 526 g/mol. The molecule has 4 aromatic rings. The van der Waals surface area contributed by atoms with E-state index in [-0.39, 0.29) is 18.5 Å². The van der Waals surface area contributed by atoms with Gasteiger partial charge in [0.15, 0.2) is 16.7 Å². The van der Waals surface area contributed by atoms with E-state index >= 15 is 0 Å². The lowest BCUT2D eigenvalue weighted by Gasteiger charge is -2.11. The number of amides is 1. The Kier molecular flexibility index (Phi) is 7.33. The van der Waals surface area contributed by atoms with Crippen LogP contribution in [0, 0.1) is 0 Å². The van der Waals surface area contributed by atoms with Crippen LogP contribution in [-0.2, 0) is 22.4 Å². The maximum absolute atomic E-state index is 13.2. The van der Waals surface area contributed by atoms with Crippen molar-refractivity contribution in [1.82, 2.24) is 9.97 Å². The number of aromatic nitrogens is 2. The molecule has 0 aliphatic heterocycles. The zero-order valence-corrected chi connectivity index (χ0v) is 21.7. The number of imidazole rings is 1. The summed E-state index contributed by atoms with van der Waals surface area (Å²) in [5, 5.41) is 3.65. The molecule has 1 aliphatic rings. The first kappa shape index (κ1) is 24.5. The highest BCUT2D eigenvalue weighted by Gasteiger charge is 2.28. The summed E-state index contributed by atoms with van der Waals surface area (Å²) in [4.78, 5) is 35.1. The van der Waals surface area contributed by atoms with Crippen LogP contribution in [0.15, 0.2) is 50.8 Å². The normalized spacial score (nSPS) is 14.2. The Balaban J connectivity index is 1.37. The van der Waals surface area contributed by atoms with Crippen LogP contribution in [0.2, 0.25) is 0 Å². The van der Waals surface area contributed by atoms with E-state index in [0.717, 1.165) is 37.7 Å². The van der Waals surface area contributed by atoms with Crippen LogP contribution in [0.4, 0.5) is 5.00 Å². The fraction of sp³-hybridized carbons (Fsp3) is 0.346. The molecular formula is C26H27N3O5S2. The van der Waals surface area contributed by atoms with Gasteiger partial charge in [0.2, 0.25) is 5.91 Å². The highest BCUT2D eigenvalue weighted by Crippen LogP contribution is 2.39. The molecule has 188 valence electrons. The van der Waals surface area contributed by atoms with Gasteiger partial charge in [-0.1, -0.05) is 18.2 Å². The second-order valence-corrected chi connectivity index (χ2v) is 10.9. The number of nitrogens with one attached hydrogen (secondary N) is 2. The topological polar surface area (TPSA) is 110 Å². The quantitative estimate of drug-likeness (QED) is 0.152. The minimum atomic E-state index is -0.484. The van der Waals surface area contributed by atoms with Gasteiger partial charge in [-0.2, -0.15) is 0 Å². The van der Waals surface area contributed by atoms with E-state index in [9.17, 15) is 9.59 Å². The van der Waals surface area contributed by atoms with Gasteiger partial charge in [-0.25, -0.2) is 9.78 Å². The van der Waals surface area contributed by atoms with Crippen molar-refractivity contribution < 1.29 is 23.2 Å². The lowest BCUT2D eigenvalue weighted by molar-refractivity contribution is -0.115. The standard InChI is InChI=1S/C26H27N3O5S2/c1-3-32-25(31)20-16-9-5-4-6-12-19(16)36-24(20)29-23(30)15(2)35-26-27-21(17-10-7-13-33-17)22(28-26)18-11-8-14-34-18/h7-8,10-11,13-15H,3-6,9,12H2,1-2H3,(H,27,28)(H,29,30). The number of thiophene rings is 1. The highest BCUT2D eigenvalue weighted by atomic mass is 32.2. The van der Waals surface area contributed by atoms with Crippen LogP contribution in [0.3, 0.4) is 0 Å². The Morgan fingerprint density at radius 2 is 1.92 bits per heavy atom. The maximum Gasteiger partial charge on any atom is 0.341 e. The lowest BCUT2D eigenvalue weighted by atomic mass is 10.1. The van der Waals surface area contributed by atoms with Gasteiger partial charge in [0.25, 0.3) is 0 Å². The van der Waals surface area contributed by atoms with E-state index in [1.165, 1.54) is 28.0 Å². The maximum atomic E-state index is 13.2. The van der Waals surface area contributed by atoms with E-state index in [4.69, 9.17) is 13.6 Å². The predicted octanol–water partition coefficient (Wildman–Crippen LogP) is 6.56. The Morgan fingerprint density at radius 1 is 1.17 bits per heavy atom. The number of aryl methyl sites for hydroxylation is 1. The first-order valence-electron chi connectivity index (χ1n) is 12.0. The lowest BCUT2D eigenvalue weighted by Crippen LogP contribution is -2.23. The monoisotopic (exact) mass is 525 g/mol. The van der Waals surface area contributed by atoms with Crippen molar-refractivity contribution in [1.29, 1.82) is 0 Å². The Labute approximate surface area is 216 Å². The molecule has 2 N–H and O–H groups in total. The van der Waals surface area contributed by atoms with Crippen molar-refractivity contribution in [2.75, 3.05) is 11.9 Å². The molecule has 8 nitrogen and oxygen atoms in total. The third-order valence-electron chi connectivity index (χ3n) is 6.00. The Morgan fingerprint density at radius 3 is 2.64 bits per heavy atom. The molecule has 0 fully saturated rings. The number of nitrogens with zero attached hydrogens (tertiary/aromatic N) is 1. The minimum Gasteiger partial charge on any atom is -0.463 e. The van der Waals surface area contributed by atoms with Gasteiger partial charge in [0, 0.05) is 4.88 Å². The van der Waals surface area contributed by atoms with E-state index in [2.05, 4.69) is 15.3 Å². The molecule has 1 aliphatic carbocycles. The molecular weight excluding hydrogens is 498 g/mol. The van der Waals surface area contributed by atoms with Crippen molar-refractivity contribution in [3.63, 3.8) is 0 Å². The zero-order valence-electron chi connectivity index (χ0n) is 20.1. The number of H-pyrrole nitrogens is 1. The SMILES string of the molecule is CCOC(=O)c1c(NC(=O)C(C)Sc2nc(-c3ccco3)c(-c3ccco3)[nH]2)sc2c1CCCCC2. The highest BCUT2D eigenvalue weighted by molar-refractivity contribution is 8.00. The first-order chi connectivity index (χ1) is 17.5. The largest absolute Gasteiger partial charge is 0.463 e. The summed E-state index contributed by atoms with van der Waals surface area (Å²) < 4.78 is 16.5. The molecule has 0 saturated heterocycles. The van der Waals surface area contributed by atoms with E-state index in [1.807, 2.05) is 19.1 Å². The average Bonchev–Trinajstić information content (AvgIpc) is 3.65. The van der Waals surface area contributed by atoms with E-state index in [1.54, 1.807) is 31.6 Å². The van der Waals surface area contributed by atoms with Gasteiger partial charge in [-0.15, -0.1) is 11.3 Å². The van der Waals surface area contributed by atoms with Crippen LogP contribution < -0.4 is 5.32 Å². The van der Waals surface area contributed by atoms with Crippen molar-refractivity contribution in [3.05, 3.63) is 52.8 Å². The number of carbonyl (C=O) groups excluding carboxylic acids is 2. The molecule has 0 bridgehead atoms. The molecule has 0 spiro atoms. The van der Waals surface area contributed by atoms with Crippen LogP contribution in [0.25, 0.3) is 22.9 Å². The number of ether oxygens (including phenoxy) is 1. The summed E-state index contributed by atoms with van der Waals surface area (Å²) in [6.45, 7) is 3.89. The number of aromatic amines is 1. The van der Waals surface area contributed by atoms with Gasteiger partial charge >= 0.3 is 5.97 Å². The third-order valence-corrected chi connectivity index (χ3v) is 8.19. The summed E-state index contributed by atoms with van der Waals surface area (Å²) in [6.07, 6.45) is 8.19. The molecule has 0 saturated carbocycles. The smallest absolute Gasteiger partial charge is 0.341 e. The number of anilines is 1. The molecule has 1 amide bonds. The molecule has 4 aromatic heterocycles.